The highest BCUT2D eigenvalue weighted by atomic mass is 16.5. The first-order valence-electron chi connectivity index (χ1n) is 7.04. The van der Waals surface area contributed by atoms with E-state index in [4.69, 9.17) is 10.5 Å². The second kappa shape index (κ2) is 7.26. The van der Waals surface area contributed by atoms with Crippen molar-refractivity contribution < 1.29 is 9.53 Å². The van der Waals surface area contributed by atoms with E-state index >= 15 is 0 Å². The number of benzene rings is 1. The van der Waals surface area contributed by atoms with Crippen molar-refractivity contribution >= 4 is 22.4 Å². The molecule has 0 spiro atoms. The number of nitrogens with one attached hydrogen (secondary N) is 1. The third-order valence-electron chi connectivity index (χ3n) is 3.29. The van der Waals surface area contributed by atoms with Gasteiger partial charge in [0.2, 0.25) is 0 Å². The first-order valence-corrected chi connectivity index (χ1v) is 7.04. The van der Waals surface area contributed by atoms with E-state index in [-0.39, 0.29) is 5.78 Å². The molecule has 0 aliphatic carbocycles. The monoisotopic (exact) mass is 309 g/mol. The Morgan fingerprint density at radius 1 is 1.39 bits per heavy atom. The van der Waals surface area contributed by atoms with Crippen LogP contribution in [0.3, 0.4) is 0 Å². The van der Waals surface area contributed by atoms with Gasteiger partial charge in [0, 0.05) is 22.9 Å². The van der Waals surface area contributed by atoms with E-state index in [1.165, 1.54) is 13.1 Å². The van der Waals surface area contributed by atoms with E-state index in [9.17, 15) is 4.79 Å². The third-order valence-corrected chi connectivity index (χ3v) is 3.29. The number of ketones is 1. The summed E-state index contributed by atoms with van der Waals surface area (Å²) in [6, 6.07) is 7.66. The number of hydrogen-bond donors (Lipinski definition) is 2. The molecule has 0 bridgehead atoms. The van der Waals surface area contributed by atoms with E-state index in [1.807, 2.05) is 24.3 Å². The first kappa shape index (κ1) is 16.3. The Labute approximate surface area is 135 Å². The molecule has 2 aromatic rings. The molecule has 0 saturated carbocycles. The molecule has 0 fully saturated rings. The second-order valence-electron chi connectivity index (χ2n) is 4.91. The van der Waals surface area contributed by atoms with Gasteiger partial charge < -0.3 is 15.8 Å². The van der Waals surface area contributed by atoms with E-state index < -0.39 is 0 Å². The van der Waals surface area contributed by atoms with Gasteiger partial charge in [0.25, 0.3) is 0 Å². The molecule has 5 heteroatoms. The number of methoxy groups -OCH3 is 1. The van der Waals surface area contributed by atoms with Gasteiger partial charge in [0.15, 0.2) is 5.78 Å². The molecule has 2 rings (SSSR count). The van der Waals surface area contributed by atoms with Crippen molar-refractivity contribution in [3.05, 3.63) is 66.7 Å². The topological polar surface area (TPSA) is 77.2 Å². The molecule has 0 amide bonds. The first-order chi connectivity index (χ1) is 11.0. The van der Waals surface area contributed by atoms with E-state index in [0.29, 0.717) is 17.1 Å². The molecule has 3 N–H and O–H groups in total. The number of pyridine rings is 1. The van der Waals surface area contributed by atoms with Crippen LogP contribution in [-0.4, -0.2) is 17.9 Å². The largest absolute Gasteiger partial charge is 0.497 e. The Hall–Kier alpha value is -3.08. The van der Waals surface area contributed by atoms with Crippen LogP contribution >= 0.6 is 0 Å². The number of rotatable bonds is 6. The zero-order valence-corrected chi connectivity index (χ0v) is 13.2. The number of nitrogens with two attached hydrogens (primary N) is 1. The van der Waals surface area contributed by atoms with Crippen molar-refractivity contribution in [1.82, 2.24) is 4.98 Å². The van der Waals surface area contributed by atoms with Gasteiger partial charge in [-0.15, -0.1) is 0 Å². The van der Waals surface area contributed by atoms with Crippen molar-refractivity contribution in [2.45, 2.75) is 6.92 Å². The van der Waals surface area contributed by atoms with Crippen LogP contribution in [0, 0.1) is 0 Å². The highest BCUT2D eigenvalue weighted by Crippen LogP contribution is 2.26. The molecule has 23 heavy (non-hydrogen) atoms. The fourth-order valence-electron chi connectivity index (χ4n) is 2.03. The Bertz CT molecular complexity index is 807. The SMILES string of the molecule is C=C(/C=C(\C=C/N)Nc1nccc2ccc(OC)cc12)C(C)=O. The van der Waals surface area contributed by atoms with Crippen molar-refractivity contribution in [2.24, 2.45) is 5.73 Å². The number of nitrogens with zero attached hydrogens (tertiary/aromatic N) is 1. The lowest BCUT2D eigenvalue weighted by Crippen LogP contribution is -2.03. The standard InChI is InChI=1S/C18H19N3O2/c1-12(13(2)22)10-15(6-8-19)21-18-17-11-16(23-3)5-4-14(17)7-9-20-18/h4-11H,1,19H2,2-3H3,(H,20,21)/b8-6-,15-10+. The van der Waals surface area contributed by atoms with Crippen LogP contribution in [0.4, 0.5) is 5.82 Å². The summed E-state index contributed by atoms with van der Waals surface area (Å²) in [7, 11) is 1.62. The average molecular weight is 309 g/mol. The van der Waals surface area contributed by atoms with Crippen LogP contribution in [0.1, 0.15) is 6.92 Å². The number of allylic oxidation sites excluding steroid dienone is 3. The molecule has 0 unspecified atom stereocenters. The molecule has 1 aromatic heterocycles. The minimum absolute atomic E-state index is 0.109. The van der Waals surface area contributed by atoms with Crippen LogP contribution in [0.2, 0.25) is 0 Å². The molecule has 1 heterocycles. The number of anilines is 1. The van der Waals surface area contributed by atoms with Gasteiger partial charge in [-0.05, 0) is 48.9 Å². The van der Waals surface area contributed by atoms with Gasteiger partial charge in [0.05, 0.1) is 7.11 Å². The number of carbonyl (C=O) groups is 1. The minimum atomic E-state index is -0.109. The predicted molar refractivity (Wildman–Crippen MR) is 93.1 cm³/mol. The minimum Gasteiger partial charge on any atom is -0.497 e. The van der Waals surface area contributed by atoms with Crippen LogP contribution < -0.4 is 15.8 Å². The number of ether oxygens (including phenoxy) is 1. The zero-order valence-electron chi connectivity index (χ0n) is 13.2. The summed E-state index contributed by atoms with van der Waals surface area (Å²) >= 11 is 0. The number of Topliss-reactive ketones (excluding diaryl/α,β-unsaturated/α-hetero) is 1. The summed E-state index contributed by atoms with van der Waals surface area (Å²) in [6.07, 6.45) is 6.37. The van der Waals surface area contributed by atoms with Crippen LogP contribution in [0.15, 0.2) is 66.7 Å². The number of fused-ring (bicyclic) bond motifs is 1. The van der Waals surface area contributed by atoms with Gasteiger partial charge in [-0.25, -0.2) is 4.98 Å². The fraction of sp³-hybridized carbons (Fsp3) is 0.111. The summed E-state index contributed by atoms with van der Waals surface area (Å²) < 4.78 is 5.26. The summed E-state index contributed by atoms with van der Waals surface area (Å²) in [5, 5.41) is 5.09. The molecule has 1 aromatic carbocycles. The molecular weight excluding hydrogens is 290 g/mol. The maximum atomic E-state index is 11.4. The zero-order chi connectivity index (χ0) is 16.8. The van der Waals surface area contributed by atoms with Crippen LogP contribution in [0.25, 0.3) is 10.8 Å². The lowest BCUT2D eigenvalue weighted by atomic mass is 10.1. The molecular formula is C18H19N3O2. The quantitative estimate of drug-likeness (QED) is 0.633. The Balaban J connectivity index is 2.46. The van der Waals surface area contributed by atoms with Crippen molar-refractivity contribution in [3.8, 4) is 5.75 Å². The molecule has 0 saturated heterocycles. The van der Waals surface area contributed by atoms with Crippen LogP contribution in [0.5, 0.6) is 5.75 Å². The van der Waals surface area contributed by atoms with Gasteiger partial charge in [-0.3, -0.25) is 4.79 Å². The summed E-state index contributed by atoms with van der Waals surface area (Å²) in [6.45, 7) is 5.19. The Morgan fingerprint density at radius 2 is 2.17 bits per heavy atom. The number of carbonyl (C=O) groups excluding carboxylic acids is 1. The summed E-state index contributed by atoms with van der Waals surface area (Å²) in [5.41, 5.74) is 6.48. The fourth-order valence-corrected chi connectivity index (χ4v) is 2.03. The smallest absolute Gasteiger partial charge is 0.159 e. The second-order valence-corrected chi connectivity index (χ2v) is 4.91. The lowest BCUT2D eigenvalue weighted by Gasteiger charge is -2.11. The molecule has 5 nitrogen and oxygen atoms in total. The van der Waals surface area contributed by atoms with Gasteiger partial charge in [0.1, 0.15) is 11.6 Å². The summed E-state index contributed by atoms with van der Waals surface area (Å²) in [5.74, 6) is 1.27. The molecule has 0 radical (unpaired) electrons. The normalized spacial score (nSPS) is 11.7. The maximum absolute atomic E-state index is 11.4. The number of hydrogen-bond acceptors (Lipinski definition) is 5. The van der Waals surface area contributed by atoms with Gasteiger partial charge >= 0.3 is 0 Å². The van der Waals surface area contributed by atoms with E-state index in [0.717, 1.165) is 16.5 Å². The van der Waals surface area contributed by atoms with E-state index in [1.54, 1.807) is 25.5 Å². The van der Waals surface area contributed by atoms with Crippen molar-refractivity contribution in [3.63, 3.8) is 0 Å². The average Bonchev–Trinajstić information content (AvgIpc) is 2.54. The third kappa shape index (κ3) is 3.97. The van der Waals surface area contributed by atoms with Gasteiger partial charge in [-0.1, -0.05) is 12.6 Å². The maximum Gasteiger partial charge on any atom is 0.159 e. The summed E-state index contributed by atoms with van der Waals surface area (Å²) in [4.78, 5) is 15.7. The molecule has 118 valence electrons. The number of aromatic nitrogens is 1. The van der Waals surface area contributed by atoms with E-state index in [2.05, 4.69) is 16.9 Å². The Kier molecular flexibility index (Phi) is 5.15. The highest BCUT2D eigenvalue weighted by Gasteiger charge is 2.06. The van der Waals surface area contributed by atoms with Crippen LogP contribution in [-0.2, 0) is 4.79 Å². The van der Waals surface area contributed by atoms with Crippen molar-refractivity contribution in [2.75, 3.05) is 12.4 Å². The van der Waals surface area contributed by atoms with Crippen molar-refractivity contribution in [1.29, 1.82) is 0 Å². The lowest BCUT2D eigenvalue weighted by molar-refractivity contribution is -0.113. The molecule has 0 aliphatic rings. The van der Waals surface area contributed by atoms with Gasteiger partial charge in [-0.2, -0.15) is 0 Å². The molecule has 0 aliphatic heterocycles. The highest BCUT2D eigenvalue weighted by molar-refractivity contribution is 5.96. The Morgan fingerprint density at radius 3 is 2.83 bits per heavy atom. The predicted octanol–water partition coefficient (Wildman–Crippen LogP) is 3.16. The molecule has 0 atom stereocenters.